The number of nitrogens with one attached hydrogen (secondary N) is 1. The van der Waals surface area contributed by atoms with Crippen molar-refractivity contribution in [2.45, 2.75) is 0 Å². The number of hydrogen-bond acceptors (Lipinski definition) is 5. The van der Waals surface area contributed by atoms with E-state index in [4.69, 9.17) is 0 Å². The number of rotatable bonds is 3. The molecule has 0 fully saturated rings. The number of nitro groups is 1. The number of benzene rings is 2. The van der Waals surface area contributed by atoms with Gasteiger partial charge in [0.15, 0.2) is 0 Å². The number of fused-ring (bicyclic) bond motifs is 1. The molecule has 0 saturated carbocycles. The Balaban J connectivity index is 2.13. The van der Waals surface area contributed by atoms with Crippen molar-refractivity contribution in [3.63, 3.8) is 0 Å². The summed E-state index contributed by atoms with van der Waals surface area (Å²) in [5.74, 6) is -0.536. The fourth-order valence-corrected chi connectivity index (χ4v) is 2.55. The minimum Gasteiger partial charge on any atom is -0.340 e. The zero-order valence-corrected chi connectivity index (χ0v) is 13.1. The van der Waals surface area contributed by atoms with Gasteiger partial charge >= 0.3 is 5.69 Å². The summed E-state index contributed by atoms with van der Waals surface area (Å²) in [7, 11) is 0. The molecule has 0 aliphatic rings. The lowest BCUT2D eigenvalue weighted by molar-refractivity contribution is -0.387. The SMILES string of the molecule is O=[N+]([O-])c1cc2c(Nc3cccc(I)c3)ncnc2cc1F. The van der Waals surface area contributed by atoms with Crippen LogP contribution in [0.5, 0.6) is 0 Å². The van der Waals surface area contributed by atoms with Crippen molar-refractivity contribution >= 4 is 50.7 Å². The third kappa shape index (κ3) is 2.82. The van der Waals surface area contributed by atoms with E-state index in [-0.39, 0.29) is 0 Å². The second kappa shape index (κ2) is 5.79. The highest BCUT2D eigenvalue weighted by atomic mass is 127. The molecular weight excluding hydrogens is 402 g/mol. The smallest absolute Gasteiger partial charge is 0.305 e. The molecule has 0 amide bonds. The molecule has 3 aromatic rings. The largest absolute Gasteiger partial charge is 0.340 e. The Morgan fingerprint density at radius 3 is 2.77 bits per heavy atom. The summed E-state index contributed by atoms with van der Waals surface area (Å²) in [4.78, 5) is 18.2. The lowest BCUT2D eigenvalue weighted by Crippen LogP contribution is -1.99. The lowest BCUT2D eigenvalue weighted by Gasteiger charge is -2.08. The maximum Gasteiger partial charge on any atom is 0.305 e. The fraction of sp³-hybridized carbons (Fsp3) is 0. The van der Waals surface area contributed by atoms with Gasteiger partial charge in [-0.05, 0) is 40.8 Å². The third-order valence-corrected chi connectivity index (χ3v) is 3.66. The van der Waals surface area contributed by atoms with Crippen molar-refractivity contribution in [2.24, 2.45) is 0 Å². The van der Waals surface area contributed by atoms with E-state index in [1.165, 1.54) is 6.33 Å². The Labute approximate surface area is 137 Å². The summed E-state index contributed by atoms with van der Waals surface area (Å²) in [6.07, 6.45) is 1.28. The normalized spacial score (nSPS) is 10.6. The van der Waals surface area contributed by atoms with Crippen LogP contribution in [0.3, 0.4) is 0 Å². The van der Waals surface area contributed by atoms with Gasteiger partial charge < -0.3 is 5.32 Å². The van der Waals surface area contributed by atoms with Crippen molar-refractivity contribution in [2.75, 3.05) is 5.32 Å². The first kappa shape index (κ1) is 14.6. The first-order valence-corrected chi connectivity index (χ1v) is 7.24. The molecule has 0 atom stereocenters. The van der Waals surface area contributed by atoms with E-state index in [1.807, 2.05) is 24.3 Å². The number of anilines is 2. The van der Waals surface area contributed by atoms with Crippen LogP contribution in [0.4, 0.5) is 21.6 Å². The molecular formula is C14H8FIN4O2. The van der Waals surface area contributed by atoms with Gasteiger partial charge in [-0.25, -0.2) is 9.97 Å². The molecule has 1 aromatic heterocycles. The van der Waals surface area contributed by atoms with E-state index in [0.717, 1.165) is 21.4 Å². The molecule has 1 heterocycles. The van der Waals surface area contributed by atoms with Crippen molar-refractivity contribution < 1.29 is 9.31 Å². The molecule has 0 spiro atoms. The first-order chi connectivity index (χ1) is 10.5. The Kier molecular flexibility index (Phi) is 3.84. The standard InChI is InChI=1S/C14H8FIN4O2/c15-11-6-12-10(5-13(11)20(21)22)14(18-7-17-12)19-9-3-1-2-8(16)4-9/h1-7H,(H,17,18,19). The van der Waals surface area contributed by atoms with Crippen LogP contribution < -0.4 is 5.32 Å². The molecule has 1 N–H and O–H groups in total. The van der Waals surface area contributed by atoms with Gasteiger partial charge in [0.1, 0.15) is 12.1 Å². The number of aromatic nitrogens is 2. The van der Waals surface area contributed by atoms with Gasteiger partial charge in [-0.3, -0.25) is 10.1 Å². The zero-order chi connectivity index (χ0) is 15.7. The summed E-state index contributed by atoms with van der Waals surface area (Å²) >= 11 is 2.17. The van der Waals surface area contributed by atoms with E-state index >= 15 is 0 Å². The number of halogens is 2. The predicted molar refractivity (Wildman–Crippen MR) is 88.6 cm³/mol. The van der Waals surface area contributed by atoms with E-state index in [0.29, 0.717) is 16.7 Å². The highest BCUT2D eigenvalue weighted by molar-refractivity contribution is 14.1. The fourth-order valence-electron chi connectivity index (χ4n) is 2.01. The van der Waals surface area contributed by atoms with Gasteiger partial charge in [0.2, 0.25) is 5.82 Å². The Bertz CT molecular complexity index is 888. The summed E-state index contributed by atoms with van der Waals surface area (Å²) < 4.78 is 14.7. The average molecular weight is 410 g/mol. The minimum absolute atomic E-state index is 0.297. The van der Waals surface area contributed by atoms with Crippen molar-refractivity contribution in [3.8, 4) is 0 Å². The number of nitrogens with zero attached hydrogens (tertiary/aromatic N) is 3. The highest BCUT2D eigenvalue weighted by Gasteiger charge is 2.17. The Hall–Kier alpha value is -2.36. The quantitative estimate of drug-likeness (QED) is 0.401. The Morgan fingerprint density at radius 2 is 2.05 bits per heavy atom. The van der Waals surface area contributed by atoms with Gasteiger partial charge in [-0.2, -0.15) is 4.39 Å². The molecule has 0 bridgehead atoms. The average Bonchev–Trinajstić information content (AvgIpc) is 2.46. The van der Waals surface area contributed by atoms with Crippen molar-refractivity contribution in [3.05, 3.63) is 62.2 Å². The molecule has 0 aliphatic heterocycles. The van der Waals surface area contributed by atoms with E-state index in [9.17, 15) is 14.5 Å². The lowest BCUT2D eigenvalue weighted by atomic mass is 10.2. The number of nitro benzene ring substituents is 1. The molecule has 22 heavy (non-hydrogen) atoms. The Morgan fingerprint density at radius 1 is 1.23 bits per heavy atom. The van der Waals surface area contributed by atoms with Crippen LogP contribution in [0.15, 0.2) is 42.7 Å². The maximum absolute atomic E-state index is 13.7. The van der Waals surface area contributed by atoms with Gasteiger partial charge in [0.05, 0.1) is 15.8 Å². The molecule has 2 aromatic carbocycles. The summed E-state index contributed by atoms with van der Waals surface area (Å²) in [6.45, 7) is 0. The summed E-state index contributed by atoms with van der Waals surface area (Å²) in [5.41, 5.74) is 0.470. The summed E-state index contributed by atoms with van der Waals surface area (Å²) in [6, 6.07) is 9.72. The van der Waals surface area contributed by atoms with Crippen LogP contribution in [0.1, 0.15) is 0 Å². The van der Waals surface area contributed by atoms with E-state index in [2.05, 4.69) is 37.9 Å². The molecule has 6 nitrogen and oxygen atoms in total. The predicted octanol–water partition coefficient (Wildman–Crippen LogP) is 4.03. The number of hydrogen-bond donors (Lipinski definition) is 1. The van der Waals surface area contributed by atoms with Crippen LogP contribution in [-0.2, 0) is 0 Å². The van der Waals surface area contributed by atoms with Gasteiger partial charge in [-0.15, -0.1) is 0 Å². The highest BCUT2D eigenvalue weighted by Crippen LogP contribution is 2.29. The van der Waals surface area contributed by atoms with Crippen LogP contribution in [0, 0.1) is 19.5 Å². The molecule has 0 saturated heterocycles. The topological polar surface area (TPSA) is 81.0 Å². The zero-order valence-electron chi connectivity index (χ0n) is 11.0. The van der Waals surface area contributed by atoms with Crippen LogP contribution >= 0.6 is 22.6 Å². The molecule has 3 rings (SSSR count). The van der Waals surface area contributed by atoms with Crippen LogP contribution in [0.2, 0.25) is 0 Å². The second-order valence-electron chi connectivity index (χ2n) is 4.44. The molecule has 0 radical (unpaired) electrons. The molecule has 0 unspecified atom stereocenters. The maximum atomic E-state index is 13.7. The van der Waals surface area contributed by atoms with Gasteiger partial charge in [0.25, 0.3) is 0 Å². The first-order valence-electron chi connectivity index (χ1n) is 6.16. The van der Waals surface area contributed by atoms with Crippen LogP contribution in [-0.4, -0.2) is 14.9 Å². The van der Waals surface area contributed by atoms with E-state index < -0.39 is 16.4 Å². The molecule has 0 aliphatic carbocycles. The summed E-state index contributed by atoms with van der Waals surface area (Å²) in [5, 5.41) is 14.3. The minimum atomic E-state index is -0.920. The van der Waals surface area contributed by atoms with Crippen molar-refractivity contribution in [1.82, 2.24) is 9.97 Å². The molecule has 8 heteroatoms. The molecule has 110 valence electrons. The van der Waals surface area contributed by atoms with Crippen molar-refractivity contribution in [1.29, 1.82) is 0 Å². The third-order valence-electron chi connectivity index (χ3n) is 2.99. The van der Waals surface area contributed by atoms with Gasteiger partial charge in [-0.1, -0.05) is 6.07 Å². The van der Waals surface area contributed by atoms with Crippen LogP contribution in [0.25, 0.3) is 10.9 Å². The van der Waals surface area contributed by atoms with Gasteiger partial charge in [0, 0.05) is 21.4 Å². The second-order valence-corrected chi connectivity index (χ2v) is 5.68. The van der Waals surface area contributed by atoms with E-state index in [1.54, 1.807) is 0 Å². The monoisotopic (exact) mass is 410 g/mol.